The molecule has 152 valence electrons. The molecule has 0 spiro atoms. The van der Waals surface area contributed by atoms with Crippen LogP contribution in [-0.2, 0) is 11.3 Å². The number of nitrogens with zero attached hydrogens (tertiary/aromatic N) is 2. The van der Waals surface area contributed by atoms with Gasteiger partial charge in [-0.3, -0.25) is 14.7 Å². The van der Waals surface area contributed by atoms with Crippen LogP contribution in [0.5, 0.6) is 5.75 Å². The zero-order chi connectivity index (χ0) is 18.9. The first kappa shape index (κ1) is 24.0. The lowest BCUT2D eigenvalue weighted by Gasteiger charge is -2.32. The van der Waals surface area contributed by atoms with Crippen molar-refractivity contribution in [2.75, 3.05) is 40.8 Å². The van der Waals surface area contributed by atoms with E-state index in [1.54, 1.807) is 21.2 Å². The molecule has 1 aromatic rings. The van der Waals surface area contributed by atoms with Crippen LogP contribution in [0.25, 0.3) is 0 Å². The Morgan fingerprint density at radius 2 is 2.07 bits per heavy atom. The first-order valence-electron chi connectivity index (χ1n) is 8.78. The van der Waals surface area contributed by atoms with Crippen molar-refractivity contribution in [2.45, 2.75) is 25.4 Å². The third-order valence-electron chi connectivity index (χ3n) is 4.49. The maximum Gasteiger partial charge on any atom is 0.233 e. The number of rotatable bonds is 6. The van der Waals surface area contributed by atoms with Crippen molar-refractivity contribution in [1.29, 1.82) is 0 Å². The molecule has 0 aliphatic carbocycles. The number of hydrogen-bond donors (Lipinski definition) is 3. The van der Waals surface area contributed by atoms with Crippen LogP contribution in [0, 0.1) is 0 Å². The van der Waals surface area contributed by atoms with Crippen LogP contribution in [0.1, 0.15) is 18.4 Å². The topological polar surface area (TPSA) is 78.0 Å². The van der Waals surface area contributed by atoms with E-state index >= 15 is 0 Å². The average Bonchev–Trinajstić information content (AvgIpc) is 2.66. The van der Waals surface area contributed by atoms with Gasteiger partial charge in [-0.2, -0.15) is 0 Å². The van der Waals surface area contributed by atoms with E-state index in [1.165, 1.54) is 0 Å². The Bertz CT molecular complexity index is 636. The van der Waals surface area contributed by atoms with Gasteiger partial charge >= 0.3 is 0 Å². The van der Waals surface area contributed by atoms with E-state index in [9.17, 15) is 4.79 Å². The number of likely N-dealkylation sites (N-methyl/N-ethyl adjacent to an activating group) is 1. The number of methoxy groups -OCH3 is 1. The molecule has 0 bridgehead atoms. The van der Waals surface area contributed by atoms with E-state index in [4.69, 9.17) is 4.74 Å². The molecule has 27 heavy (non-hydrogen) atoms. The SMILES string of the molecule is CN=C(NCc1cc(Br)ccc1OC)NC1CCN(CC(=O)NC)CC1.I. The van der Waals surface area contributed by atoms with E-state index in [0.29, 0.717) is 19.1 Å². The zero-order valence-electron chi connectivity index (χ0n) is 16.0. The summed E-state index contributed by atoms with van der Waals surface area (Å²) in [5, 5.41) is 9.49. The summed E-state index contributed by atoms with van der Waals surface area (Å²) in [6.45, 7) is 2.90. The van der Waals surface area contributed by atoms with Crippen molar-refractivity contribution in [1.82, 2.24) is 20.9 Å². The molecule has 0 saturated carbocycles. The molecule has 9 heteroatoms. The van der Waals surface area contributed by atoms with E-state index in [1.807, 2.05) is 18.2 Å². The fraction of sp³-hybridized carbons (Fsp3) is 0.556. The van der Waals surface area contributed by atoms with Crippen LogP contribution in [0.15, 0.2) is 27.7 Å². The number of ether oxygens (including phenoxy) is 1. The Hall–Kier alpha value is -1.07. The molecule has 1 heterocycles. The van der Waals surface area contributed by atoms with Gasteiger partial charge in [0.2, 0.25) is 5.91 Å². The molecular weight excluding hydrogens is 525 g/mol. The minimum absolute atomic E-state index is 0. The van der Waals surface area contributed by atoms with E-state index in [-0.39, 0.29) is 29.9 Å². The minimum Gasteiger partial charge on any atom is -0.496 e. The number of benzene rings is 1. The quantitative estimate of drug-likeness (QED) is 0.285. The molecule has 1 aliphatic rings. The second-order valence-electron chi connectivity index (χ2n) is 6.25. The summed E-state index contributed by atoms with van der Waals surface area (Å²) < 4.78 is 6.42. The summed E-state index contributed by atoms with van der Waals surface area (Å²) in [5.41, 5.74) is 1.06. The van der Waals surface area contributed by atoms with Gasteiger partial charge in [-0.1, -0.05) is 15.9 Å². The summed E-state index contributed by atoms with van der Waals surface area (Å²) >= 11 is 3.49. The number of guanidine groups is 1. The largest absolute Gasteiger partial charge is 0.496 e. The summed E-state index contributed by atoms with van der Waals surface area (Å²) in [4.78, 5) is 18.0. The molecule has 7 nitrogen and oxygen atoms in total. The maximum atomic E-state index is 11.5. The van der Waals surface area contributed by atoms with Crippen LogP contribution in [0.2, 0.25) is 0 Å². The van der Waals surface area contributed by atoms with E-state index < -0.39 is 0 Å². The van der Waals surface area contributed by atoms with Crippen LogP contribution < -0.4 is 20.7 Å². The highest BCUT2D eigenvalue weighted by Crippen LogP contribution is 2.22. The summed E-state index contributed by atoms with van der Waals surface area (Å²) in [6, 6.07) is 6.30. The highest BCUT2D eigenvalue weighted by molar-refractivity contribution is 14.0. The van der Waals surface area contributed by atoms with Gasteiger partial charge in [0.05, 0.1) is 13.7 Å². The molecule has 0 atom stereocenters. The fourth-order valence-corrected chi connectivity index (χ4v) is 3.38. The predicted octanol–water partition coefficient (Wildman–Crippen LogP) is 1.95. The van der Waals surface area contributed by atoms with Gasteiger partial charge in [0, 0.05) is 49.8 Å². The Kier molecular flexibility index (Phi) is 11.0. The molecule has 1 aliphatic heterocycles. The van der Waals surface area contributed by atoms with Crippen molar-refractivity contribution < 1.29 is 9.53 Å². The second kappa shape index (κ2) is 12.4. The van der Waals surface area contributed by atoms with Crippen molar-refractivity contribution >= 4 is 51.8 Å². The molecule has 1 fully saturated rings. The summed E-state index contributed by atoms with van der Waals surface area (Å²) in [7, 11) is 5.12. The lowest BCUT2D eigenvalue weighted by atomic mass is 10.1. The van der Waals surface area contributed by atoms with Crippen LogP contribution >= 0.6 is 39.9 Å². The molecule has 0 aromatic heterocycles. The Morgan fingerprint density at radius 3 is 2.67 bits per heavy atom. The first-order chi connectivity index (χ1) is 12.5. The van der Waals surface area contributed by atoms with Gasteiger partial charge in [-0.15, -0.1) is 24.0 Å². The van der Waals surface area contributed by atoms with Gasteiger partial charge < -0.3 is 20.7 Å². The third kappa shape index (κ3) is 7.82. The zero-order valence-corrected chi connectivity index (χ0v) is 20.0. The standard InChI is InChI=1S/C18H28BrN5O2.HI/c1-20-17(25)12-24-8-6-15(7-9-24)23-18(21-2)22-11-13-10-14(19)4-5-16(13)26-3;/h4-5,10,15H,6-9,11-12H2,1-3H3,(H,20,25)(H2,21,22,23);1H. The second-order valence-corrected chi connectivity index (χ2v) is 7.17. The maximum absolute atomic E-state index is 11.5. The number of aliphatic imine (C=N–C) groups is 1. The monoisotopic (exact) mass is 553 g/mol. The van der Waals surface area contributed by atoms with Crippen molar-refractivity contribution in [3.05, 3.63) is 28.2 Å². The van der Waals surface area contributed by atoms with Crippen LogP contribution in [0.3, 0.4) is 0 Å². The van der Waals surface area contributed by atoms with E-state index in [0.717, 1.165) is 47.7 Å². The molecule has 3 N–H and O–H groups in total. The first-order valence-corrected chi connectivity index (χ1v) is 9.57. The lowest BCUT2D eigenvalue weighted by Crippen LogP contribution is -2.49. The predicted molar refractivity (Wildman–Crippen MR) is 123 cm³/mol. The molecular formula is C18H29BrIN5O2. The third-order valence-corrected chi connectivity index (χ3v) is 4.98. The number of carbonyl (C=O) groups is 1. The lowest BCUT2D eigenvalue weighted by molar-refractivity contribution is -0.122. The number of carbonyl (C=O) groups excluding carboxylic acids is 1. The number of likely N-dealkylation sites (tertiary alicyclic amines) is 1. The van der Waals surface area contributed by atoms with Gasteiger partial charge in [-0.05, 0) is 31.0 Å². The van der Waals surface area contributed by atoms with Crippen LogP contribution in [-0.4, -0.2) is 63.6 Å². The van der Waals surface area contributed by atoms with Crippen molar-refractivity contribution in [2.24, 2.45) is 4.99 Å². The highest BCUT2D eigenvalue weighted by atomic mass is 127. The Balaban J connectivity index is 0.00000364. The number of piperidine rings is 1. The van der Waals surface area contributed by atoms with E-state index in [2.05, 4.69) is 41.8 Å². The van der Waals surface area contributed by atoms with Gasteiger partial charge in [-0.25, -0.2) is 0 Å². The molecule has 1 saturated heterocycles. The summed E-state index contributed by atoms with van der Waals surface area (Å²) in [5.74, 6) is 1.69. The van der Waals surface area contributed by atoms with Crippen LogP contribution in [0.4, 0.5) is 0 Å². The van der Waals surface area contributed by atoms with Crippen molar-refractivity contribution in [3.8, 4) is 5.75 Å². The number of nitrogens with one attached hydrogen (secondary N) is 3. The summed E-state index contributed by atoms with van der Waals surface area (Å²) in [6.07, 6.45) is 1.97. The number of halogens is 2. The molecule has 0 unspecified atom stereocenters. The molecule has 2 rings (SSSR count). The smallest absolute Gasteiger partial charge is 0.233 e. The molecule has 1 aromatic carbocycles. The number of amides is 1. The van der Waals surface area contributed by atoms with Gasteiger partial charge in [0.25, 0.3) is 0 Å². The minimum atomic E-state index is 0. The fourth-order valence-electron chi connectivity index (χ4n) is 2.97. The Labute approximate surface area is 186 Å². The average molecular weight is 554 g/mol. The molecule has 0 radical (unpaired) electrons. The van der Waals surface area contributed by atoms with Gasteiger partial charge in [0.15, 0.2) is 5.96 Å². The Morgan fingerprint density at radius 1 is 1.37 bits per heavy atom. The number of hydrogen-bond acceptors (Lipinski definition) is 4. The van der Waals surface area contributed by atoms with Crippen molar-refractivity contribution in [3.63, 3.8) is 0 Å². The normalized spacial score (nSPS) is 15.6. The van der Waals surface area contributed by atoms with Gasteiger partial charge in [0.1, 0.15) is 5.75 Å². The molecule has 1 amide bonds. The highest BCUT2D eigenvalue weighted by Gasteiger charge is 2.21.